The van der Waals surface area contributed by atoms with E-state index >= 15 is 0 Å². The number of carbonyl (C=O) groups excluding carboxylic acids is 1. The van der Waals surface area contributed by atoms with Gasteiger partial charge in [0, 0.05) is 5.56 Å². The lowest BCUT2D eigenvalue weighted by Gasteiger charge is -2.25. The summed E-state index contributed by atoms with van der Waals surface area (Å²) in [6, 6.07) is 23.6. The number of allylic oxidation sites excluding steroid dienone is 1. The summed E-state index contributed by atoms with van der Waals surface area (Å²) in [5.74, 6) is 1.44. The standard InChI is InChI=1S/C30H26N2O5S/c1-4-36-29(34)26-19(2)31-30-32(27(26)23-15-8-9-16-24(23)35-3)28(33)25(38-30)18-20-11-10-14-22(17-20)37-21-12-6-5-7-13-21/h5-18,27H,4H2,1-3H3/b25-18+. The van der Waals surface area contributed by atoms with E-state index in [0.29, 0.717) is 37.7 Å². The third kappa shape index (κ3) is 4.90. The molecule has 0 N–H and O–H groups in total. The summed E-state index contributed by atoms with van der Waals surface area (Å²) >= 11 is 1.27. The lowest BCUT2D eigenvalue weighted by molar-refractivity contribution is -0.139. The number of aromatic nitrogens is 1. The number of carbonyl (C=O) groups is 1. The van der Waals surface area contributed by atoms with Gasteiger partial charge in [-0.2, -0.15) is 0 Å². The van der Waals surface area contributed by atoms with E-state index in [4.69, 9.17) is 14.2 Å². The lowest BCUT2D eigenvalue weighted by Crippen LogP contribution is -2.40. The van der Waals surface area contributed by atoms with Gasteiger partial charge in [0.15, 0.2) is 4.80 Å². The van der Waals surface area contributed by atoms with Crippen molar-refractivity contribution in [1.29, 1.82) is 0 Å². The van der Waals surface area contributed by atoms with Gasteiger partial charge >= 0.3 is 5.97 Å². The third-order valence-electron chi connectivity index (χ3n) is 6.09. The number of ether oxygens (including phenoxy) is 3. The minimum Gasteiger partial charge on any atom is -0.496 e. The zero-order valence-electron chi connectivity index (χ0n) is 21.2. The van der Waals surface area contributed by atoms with E-state index in [2.05, 4.69) is 4.99 Å². The van der Waals surface area contributed by atoms with Crippen LogP contribution in [0.2, 0.25) is 0 Å². The number of fused-ring (bicyclic) bond motifs is 1. The van der Waals surface area contributed by atoms with Gasteiger partial charge in [-0.1, -0.05) is 59.9 Å². The highest BCUT2D eigenvalue weighted by Crippen LogP contribution is 2.35. The molecule has 0 bridgehead atoms. The molecular weight excluding hydrogens is 500 g/mol. The van der Waals surface area contributed by atoms with E-state index in [1.165, 1.54) is 11.3 Å². The van der Waals surface area contributed by atoms with Crippen LogP contribution in [0.4, 0.5) is 0 Å². The Labute approximate surface area is 223 Å². The van der Waals surface area contributed by atoms with Gasteiger partial charge in [-0.25, -0.2) is 9.79 Å². The molecule has 38 heavy (non-hydrogen) atoms. The van der Waals surface area contributed by atoms with E-state index in [-0.39, 0.29) is 12.2 Å². The van der Waals surface area contributed by atoms with Crippen LogP contribution in [0, 0.1) is 0 Å². The Balaban J connectivity index is 1.64. The second-order valence-electron chi connectivity index (χ2n) is 8.53. The van der Waals surface area contributed by atoms with Gasteiger partial charge in [0.05, 0.1) is 29.5 Å². The molecule has 1 unspecified atom stereocenters. The van der Waals surface area contributed by atoms with Crippen LogP contribution < -0.4 is 24.4 Å². The third-order valence-corrected chi connectivity index (χ3v) is 7.07. The van der Waals surface area contributed by atoms with Crippen molar-refractivity contribution in [3.8, 4) is 17.2 Å². The smallest absolute Gasteiger partial charge is 0.338 e. The summed E-state index contributed by atoms with van der Waals surface area (Å²) in [5.41, 5.74) is 2.05. The number of rotatable bonds is 7. The molecule has 2 heterocycles. The van der Waals surface area contributed by atoms with Gasteiger partial charge in [-0.05, 0) is 55.8 Å². The molecule has 4 aromatic rings. The van der Waals surface area contributed by atoms with Crippen molar-refractivity contribution in [3.05, 3.63) is 121 Å². The minimum absolute atomic E-state index is 0.208. The summed E-state index contributed by atoms with van der Waals surface area (Å²) in [5, 5.41) is 0. The summed E-state index contributed by atoms with van der Waals surface area (Å²) in [4.78, 5) is 32.1. The van der Waals surface area contributed by atoms with E-state index in [1.807, 2.05) is 84.9 Å². The highest BCUT2D eigenvalue weighted by atomic mass is 32.1. The fourth-order valence-electron chi connectivity index (χ4n) is 4.42. The number of para-hydroxylation sites is 2. The topological polar surface area (TPSA) is 79.1 Å². The van der Waals surface area contributed by atoms with Gasteiger partial charge < -0.3 is 14.2 Å². The molecule has 0 radical (unpaired) electrons. The maximum Gasteiger partial charge on any atom is 0.338 e. The van der Waals surface area contributed by atoms with Crippen LogP contribution in [-0.4, -0.2) is 24.3 Å². The van der Waals surface area contributed by atoms with Crippen LogP contribution >= 0.6 is 11.3 Å². The van der Waals surface area contributed by atoms with Crippen LogP contribution in [-0.2, 0) is 9.53 Å². The molecule has 0 saturated heterocycles. The first kappa shape index (κ1) is 25.2. The Hall–Kier alpha value is -4.43. The molecule has 1 aromatic heterocycles. The number of methoxy groups -OCH3 is 1. The van der Waals surface area contributed by atoms with Crippen molar-refractivity contribution in [2.45, 2.75) is 19.9 Å². The first-order valence-corrected chi connectivity index (χ1v) is 13.0. The fraction of sp³-hybridized carbons (Fsp3) is 0.167. The second kappa shape index (κ2) is 10.9. The Morgan fingerprint density at radius 1 is 1.03 bits per heavy atom. The van der Waals surface area contributed by atoms with E-state index in [0.717, 1.165) is 11.3 Å². The maximum atomic E-state index is 13.8. The summed E-state index contributed by atoms with van der Waals surface area (Å²) < 4.78 is 19.0. The van der Waals surface area contributed by atoms with Crippen molar-refractivity contribution < 1.29 is 19.0 Å². The molecule has 5 rings (SSSR count). The molecule has 1 aliphatic rings. The molecule has 7 nitrogen and oxygen atoms in total. The Morgan fingerprint density at radius 3 is 2.53 bits per heavy atom. The molecule has 0 spiro atoms. The summed E-state index contributed by atoms with van der Waals surface area (Å²) in [7, 11) is 1.56. The van der Waals surface area contributed by atoms with Crippen molar-refractivity contribution in [2.75, 3.05) is 13.7 Å². The van der Waals surface area contributed by atoms with Crippen LogP contribution in [0.15, 0.2) is 99.9 Å². The first-order chi connectivity index (χ1) is 18.5. The molecule has 8 heteroatoms. The van der Waals surface area contributed by atoms with Crippen LogP contribution in [0.1, 0.15) is 31.0 Å². The normalized spacial score (nSPS) is 15.0. The fourth-order valence-corrected chi connectivity index (χ4v) is 5.47. The Bertz CT molecular complexity index is 1700. The van der Waals surface area contributed by atoms with E-state index < -0.39 is 12.0 Å². The monoisotopic (exact) mass is 526 g/mol. The number of hydrogen-bond donors (Lipinski definition) is 0. The van der Waals surface area contributed by atoms with Crippen LogP contribution in [0.25, 0.3) is 6.08 Å². The average molecular weight is 527 g/mol. The van der Waals surface area contributed by atoms with E-state index in [1.54, 1.807) is 25.5 Å². The van der Waals surface area contributed by atoms with Crippen molar-refractivity contribution in [3.63, 3.8) is 0 Å². The number of nitrogens with zero attached hydrogens (tertiary/aromatic N) is 2. The predicted molar refractivity (Wildman–Crippen MR) is 146 cm³/mol. The van der Waals surface area contributed by atoms with Gasteiger partial charge in [-0.15, -0.1) is 0 Å². The first-order valence-electron chi connectivity index (χ1n) is 12.2. The lowest BCUT2D eigenvalue weighted by atomic mass is 9.95. The molecule has 0 saturated carbocycles. The number of esters is 1. The van der Waals surface area contributed by atoms with Gasteiger partial charge in [0.25, 0.3) is 5.56 Å². The molecule has 1 atom stereocenters. The largest absolute Gasteiger partial charge is 0.496 e. The highest BCUT2D eigenvalue weighted by molar-refractivity contribution is 7.07. The summed E-state index contributed by atoms with van der Waals surface area (Å²) in [6.45, 7) is 3.72. The van der Waals surface area contributed by atoms with Gasteiger partial charge in [0.1, 0.15) is 23.3 Å². The summed E-state index contributed by atoms with van der Waals surface area (Å²) in [6.07, 6.45) is 1.81. The quantitative estimate of drug-likeness (QED) is 0.329. The van der Waals surface area contributed by atoms with Crippen LogP contribution in [0.5, 0.6) is 17.2 Å². The molecule has 0 fully saturated rings. The Morgan fingerprint density at radius 2 is 1.76 bits per heavy atom. The van der Waals surface area contributed by atoms with Gasteiger partial charge in [0.2, 0.25) is 0 Å². The zero-order valence-corrected chi connectivity index (χ0v) is 22.0. The SMILES string of the molecule is CCOC(=O)C1=C(C)N=c2s/c(=C/c3cccc(Oc4ccccc4)c3)c(=O)n2C1c1ccccc1OC. The molecule has 3 aromatic carbocycles. The Kier molecular flexibility index (Phi) is 7.24. The predicted octanol–water partition coefficient (Wildman–Crippen LogP) is 4.60. The maximum absolute atomic E-state index is 13.8. The number of thiazole rings is 1. The number of hydrogen-bond acceptors (Lipinski definition) is 7. The molecule has 1 aliphatic heterocycles. The van der Waals surface area contributed by atoms with Crippen molar-refractivity contribution >= 4 is 23.4 Å². The molecule has 0 aliphatic carbocycles. The van der Waals surface area contributed by atoms with E-state index in [9.17, 15) is 9.59 Å². The average Bonchev–Trinajstić information content (AvgIpc) is 3.22. The van der Waals surface area contributed by atoms with Crippen LogP contribution in [0.3, 0.4) is 0 Å². The molecule has 192 valence electrons. The highest BCUT2D eigenvalue weighted by Gasteiger charge is 2.34. The molecular formula is C30H26N2O5S. The zero-order chi connectivity index (χ0) is 26.6. The van der Waals surface area contributed by atoms with Crippen molar-refractivity contribution in [1.82, 2.24) is 4.57 Å². The number of benzene rings is 3. The molecule has 0 amide bonds. The van der Waals surface area contributed by atoms with Gasteiger partial charge in [-0.3, -0.25) is 9.36 Å². The second-order valence-corrected chi connectivity index (χ2v) is 9.54. The van der Waals surface area contributed by atoms with Crippen molar-refractivity contribution in [2.24, 2.45) is 4.99 Å². The minimum atomic E-state index is -0.739.